The van der Waals surface area contributed by atoms with Gasteiger partial charge in [0.1, 0.15) is 0 Å². The number of amides is 2. The van der Waals surface area contributed by atoms with Crippen LogP contribution in [0.2, 0.25) is 0 Å². The molecule has 1 aromatic carbocycles. The van der Waals surface area contributed by atoms with Gasteiger partial charge >= 0.3 is 12.0 Å². The number of carboxylic acid groups (broad SMARTS) is 1. The van der Waals surface area contributed by atoms with E-state index in [0.29, 0.717) is 12.5 Å². The summed E-state index contributed by atoms with van der Waals surface area (Å²) in [6.07, 6.45) is -1.04. The number of hydrogen-bond acceptors (Lipinski definition) is 3. The largest absolute Gasteiger partial charge is 0.479 e. The van der Waals surface area contributed by atoms with Gasteiger partial charge in [-0.3, -0.25) is 0 Å². The molecule has 0 aliphatic rings. The second-order valence-electron chi connectivity index (χ2n) is 5.02. The maximum atomic E-state index is 11.6. The second kappa shape index (κ2) is 8.26. The summed E-state index contributed by atoms with van der Waals surface area (Å²) >= 11 is 0. The first kappa shape index (κ1) is 17.0. The van der Waals surface area contributed by atoms with Crippen LogP contribution in [0.4, 0.5) is 4.79 Å². The summed E-state index contributed by atoms with van der Waals surface area (Å²) in [6.45, 7) is 4.55. The maximum absolute atomic E-state index is 11.6. The topological polar surface area (TPSA) is 87.7 Å². The average Bonchev–Trinajstić information content (AvgIpc) is 2.45. The molecule has 116 valence electrons. The van der Waals surface area contributed by atoms with E-state index < -0.39 is 18.1 Å². The highest BCUT2D eigenvalue weighted by Crippen LogP contribution is 2.14. The molecule has 0 radical (unpaired) electrons. The Balaban J connectivity index is 2.37. The van der Waals surface area contributed by atoms with E-state index in [2.05, 4.69) is 24.5 Å². The fourth-order valence-electron chi connectivity index (χ4n) is 1.72. The molecule has 3 N–H and O–H groups in total. The summed E-state index contributed by atoms with van der Waals surface area (Å²) in [5, 5.41) is 13.9. The molecule has 1 aromatic rings. The Morgan fingerprint density at radius 2 is 1.81 bits per heavy atom. The molecule has 0 fully saturated rings. The average molecular weight is 294 g/mol. The summed E-state index contributed by atoms with van der Waals surface area (Å²) in [7, 11) is 1.29. The number of carboxylic acids is 1. The van der Waals surface area contributed by atoms with Crippen molar-refractivity contribution in [1.82, 2.24) is 10.6 Å². The van der Waals surface area contributed by atoms with E-state index in [1.165, 1.54) is 12.7 Å². The molecule has 0 saturated carbocycles. The van der Waals surface area contributed by atoms with Crippen molar-refractivity contribution >= 4 is 12.0 Å². The van der Waals surface area contributed by atoms with Gasteiger partial charge in [-0.2, -0.15) is 0 Å². The zero-order valence-electron chi connectivity index (χ0n) is 12.6. The highest BCUT2D eigenvalue weighted by molar-refractivity contribution is 5.76. The zero-order valence-corrected chi connectivity index (χ0v) is 12.6. The number of aliphatic carboxylic acids is 1. The van der Waals surface area contributed by atoms with Gasteiger partial charge in [0, 0.05) is 13.7 Å². The van der Waals surface area contributed by atoms with Gasteiger partial charge in [-0.15, -0.1) is 0 Å². The Kier molecular flexibility index (Phi) is 6.68. The van der Waals surface area contributed by atoms with Gasteiger partial charge < -0.3 is 20.5 Å². The number of nitrogens with one attached hydrogen (secondary N) is 2. The number of rotatable bonds is 7. The van der Waals surface area contributed by atoms with Crippen molar-refractivity contribution in [1.29, 1.82) is 0 Å². The van der Waals surface area contributed by atoms with Crippen molar-refractivity contribution in [3.8, 4) is 0 Å². The Morgan fingerprint density at radius 1 is 1.19 bits per heavy atom. The lowest BCUT2D eigenvalue weighted by molar-refractivity contribution is -0.147. The zero-order chi connectivity index (χ0) is 15.8. The Labute approximate surface area is 124 Å². The van der Waals surface area contributed by atoms with Crippen molar-refractivity contribution in [2.24, 2.45) is 0 Å². The third kappa shape index (κ3) is 5.83. The van der Waals surface area contributed by atoms with Gasteiger partial charge in [0.25, 0.3) is 0 Å². The minimum atomic E-state index is -1.11. The molecular formula is C15H22N2O4. The van der Waals surface area contributed by atoms with Crippen LogP contribution >= 0.6 is 0 Å². The molecule has 1 atom stereocenters. The van der Waals surface area contributed by atoms with Gasteiger partial charge in [-0.25, -0.2) is 9.59 Å². The maximum Gasteiger partial charge on any atom is 0.334 e. The predicted octanol–water partition coefficient (Wildman–Crippen LogP) is 1.71. The molecule has 6 nitrogen and oxygen atoms in total. The third-order valence-electron chi connectivity index (χ3n) is 3.11. The smallest absolute Gasteiger partial charge is 0.334 e. The molecule has 0 bridgehead atoms. The number of hydrogen-bond donors (Lipinski definition) is 3. The molecule has 2 amide bonds. The lowest BCUT2D eigenvalue weighted by Gasteiger charge is -2.12. The minimum absolute atomic E-state index is 0.0794. The van der Waals surface area contributed by atoms with E-state index >= 15 is 0 Å². The molecule has 21 heavy (non-hydrogen) atoms. The monoisotopic (exact) mass is 294 g/mol. The number of urea groups is 1. The van der Waals surface area contributed by atoms with Gasteiger partial charge in [0.05, 0.1) is 6.54 Å². The van der Waals surface area contributed by atoms with Crippen LogP contribution in [0.5, 0.6) is 0 Å². The van der Waals surface area contributed by atoms with E-state index in [1.807, 2.05) is 24.3 Å². The first-order valence-electron chi connectivity index (χ1n) is 6.80. The summed E-state index contributed by atoms with van der Waals surface area (Å²) in [4.78, 5) is 22.3. The van der Waals surface area contributed by atoms with E-state index in [0.717, 1.165) is 5.56 Å². The van der Waals surface area contributed by atoms with Crippen LogP contribution < -0.4 is 10.6 Å². The van der Waals surface area contributed by atoms with Gasteiger partial charge in [-0.05, 0) is 17.0 Å². The van der Waals surface area contributed by atoms with Crippen LogP contribution in [0.15, 0.2) is 24.3 Å². The lowest BCUT2D eigenvalue weighted by Crippen LogP contribution is -2.42. The SMILES string of the molecule is COC(CNC(=O)NCc1ccc(C(C)C)cc1)C(=O)O. The Bertz CT molecular complexity index is 471. The van der Waals surface area contributed by atoms with Crippen LogP contribution in [0.3, 0.4) is 0 Å². The van der Waals surface area contributed by atoms with E-state index in [4.69, 9.17) is 9.84 Å². The van der Waals surface area contributed by atoms with Crippen LogP contribution in [0.25, 0.3) is 0 Å². The van der Waals surface area contributed by atoms with Gasteiger partial charge in [0.15, 0.2) is 6.10 Å². The number of carbonyl (C=O) groups is 2. The summed E-state index contributed by atoms with van der Waals surface area (Å²) < 4.78 is 4.72. The van der Waals surface area contributed by atoms with Crippen molar-refractivity contribution < 1.29 is 19.4 Å². The van der Waals surface area contributed by atoms with E-state index in [1.54, 1.807) is 0 Å². The van der Waals surface area contributed by atoms with Gasteiger partial charge in [-0.1, -0.05) is 38.1 Å². The molecule has 0 aliphatic carbocycles. The lowest BCUT2D eigenvalue weighted by atomic mass is 10.0. The summed E-state index contributed by atoms with van der Waals surface area (Å²) in [6, 6.07) is 7.57. The van der Waals surface area contributed by atoms with Crippen molar-refractivity contribution in [3.63, 3.8) is 0 Å². The first-order valence-corrected chi connectivity index (χ1v) is 6.80. The number of carbonyl (C=O) groups excluding carboxylic acids is 1. The fraction of sp³-hybridized carbons (Fsp3) is 0.467. The molecule has 1 unspecified atom stereocenters. The van der Waals surface area contributed by atoms with E-state index in [9.17, 15) is 9.59 Å². The third-order valence-corrected chi connectivity index (χ3v) is 3.11. The number of methoxy groups -OCH3 is 1. The normalized spacial score (nSPS) is 12.0. The van der Waals surface area contributed by atoms with Gasteiger partial charge in [0.2, 0.25) is 0 Å². The van der Waals surface area contributed by atoms with Crippen LogP contribution in [-0.2, 0) is 16.1 Å². The van der Waals surface area contributed by atoms with E-state index in [-0.39, 0.29) is 6.54 Å². The quantitative estimate of drug-likeness (QED) is 0.714. The molecule has 0 aliphatic heterocycles. The summed E-state index contributed by atoms with van der Waals surface area (Å²) in [5.74, 6) is -0.639. The molecule has 6 heteroatoms. The Morgan fingerprint density at radius 3 is 2.29 bits per heavy atom. The second-order valence-corrected chi connectivity index (χ2v) is 5.02. The molecule has 1 rings (SSSR count). The van der Waals surface area contributed by atoms with Crippen LogP contribution in [0, 0.1) is 0 Å². The minimum Gasteiger partial charge on any atom is -0.479 e. The Hall–Kier alpha value is -2.08. The molecule has 0 heterocycles. The van der Waals surface area contributed by atoms with Crippen molar-refractivity contribution in [3.05, 3.63) is 35.4 Å². The molecule has 0 aromatic heterocycles. The van der Waals surface area contributed by atoms with Crippen molar-refractivity contribution in [2.45, 2.75) is 32.4 Å². The molecular weight excluding hydrogens is 272 g/mol. The standard InChI is InChI=1S/C15H22N2O4/c1-10(2)12-6-4-11(5-7-12)8-16-15(20)17-9-13(21-3)14(18)19/h4-7,10,13H,8-9H2,1-3H3,(H,18,19)(H2,16,17,20). The molecule has 0 saturated heterocycles. The fourth-order valence-corrected chi connectivity index (χ4v) is 1.72. The highest BCUT2D eigenvalue weighted by atomic mass is 16.5. The summed E-state index contributed by atoms with van der Waals surface area (Å²) in [5.41, 5.74) is 2.23. The first-order chi connectivity index (χ1) is 9.93. The van der Waals surface area contributed by atoms with Crippen molar-refractivity contribution in [2.75, 3.05) is 13.7 Å². The highest BCUT2D eigenvalue weighted by Gasteiger charge is 2.16. The predicted molar refractivity (Wildman–Crippen MR) is 79.2 cm³/mol. The van der Waals surface area contributed by atoms with Crippen LogP contribution in [-0.4, -0.2) is 36.9 Å². The van der Waals surface area contributed by atoms with Crippen LogP contribution in [0.1, 0.15) is 30.9 Å². The number of benzene rings is 1. The molecule has 0 spiro atoms. The number of ether oxygens (including phenoxy) is 1.